The molecule has 0 saturated heterocycles. The van der Waals surface area contributed by atoms with E-state index in [1.54, 1.807) is 43.1 Å². The molecule has 0 atom stereocenters. The Morgan fingerprint density at radius 1 is 1.14 bits per heavy atom. The molecule has 0 radical (unpaired) electrons. The second-order valence-electron chi connectivity index (χ2n) is 4.26. The number of aromatic nitrogens is 2. The van der Waals surface area contributed by atoms with E-state index in [1.165, 1.54) is 0 Å². The van der Waals surface area contributed by atoms with Crippen LogP contribution < -0.4 is 10.6 Å². The van der Waals surface area contributed by atoms with Crippen molar-refractivity contribution in [3.63, 3.8) is 0 Å². The van der Waals surface area contributed by atoms with Gasteiger partial charge in [0.25, 0.3) is 5.95 Å². The molecule has 0 aliphatic rings. The van der Waals surface area contributed by atoms with Gasteiger partial charge in [0.2, 0.25) is 5.96 Å². The van der Waals surface area contributed by atoms with Crippen LogP contribution in [0.25, 0.3) is 0 Å². The largest absolute Gasteiger partial charge is 0.369 e. The molecule has 2 rings (SSSR count). The summed E-state index contributed by atoms with van der Waals surface area (Å²) < 4.78 is 0. The van der Waals surface area contributed by atoms with Gasteiger partial charge in [-0.25, -0.2) is 4.98 Å². The Morgan fingerprint density at radius 3 is 2.48 bits per heavy atom. The van der Waals surface area contributed by atoms with Crippen LogP contribution in [0.1, 0.15) is 5.69 Å². The van der Waals surface area contributed by atoms with Crippen LogP contribution in [-0.4, -0.2) is 23.0 Å². The fraction of sp³-hybridized carbons (Fsp3) is 0.154. The fourth-order valence-corrected chi connectivity index (χ4v) is 2.09. The lowest BCUT2D eigenvalue weighted by molar-refractivity contribution is 1.07. The Balaban J connectivity index is 2.31. The smallest absolute Gasteiger partial charge is 0.254 e. The number of nitrogens with zero attached hydrogens (tertiary/aromatic N) is 4. The molecule has 8 heteroatoms. The number of guanidine groups is 1. The highest BCUT2D eigenvalue weighted by atomic mass is 35.5. The zero-order valence-electron chi connectivity index (χ0n) is 11.3. The van der Waals surface area contributed by atoms with E-state index in [4.69, 9.17) is 40.5 Å². The maximum Gasteiger partial charge on any atom is 0.254 e. The molecular weight excluding hydrogens is 333 g/mol. The van der Waals surface area contributed by atoms with Crippen LogP contribution in [0.5, 0.6) is 0 Å². The first-order chi connectivity index (χ1) is 9.86. The monoisotopic (exact) mass is 343 g/mol. The first kappa shape index (κ1) is 15.8. The van der Waals surface area contributed by atoms with Crippen molar-refractivity contribution in [2.45, 2.75) is 6.92 Å². The zero-order valence-corrected chi connectivity index (χ0v) is 13.6. The molecule has 1 aromatic carbocycles. The molecule has 0 amide bonds. The summed E-state index contributed by atoms with van der Waals surface area (Å²) >= 11 is 17.7. The summed E-state index contributed by atoms with van der Waals surface area (Å²) in [6.45, 7) is 1.80. The minimum Gasteiger partial charge on any atom is -0.369 e. The van der Waals surface area contributed by atoms with Gasteiger partial charge in [-0.2, -0.15) is 9.98 Å². The molecule has 2 aromatic rings. The van der Waals surface area contributed by atoms with E-state index in [0.29, 0.717) is 20.9 Å². The molecular formula is C13H12Cl3N5. The molecule has 1 aromatic heterocycles. The van der Waals surface area contributed by atoms with Crippen LogP contribution in [0.4, 0.5) is 11.6 Å². The molecule has 1 heterocycles. The normalized spacial score (nSPS) is 11.6. The Morgan fingerprint density at radius 2 is 1.86 bits per heavy atom. The molecule has 0 saturated carbocycles. The summed E-state index contributed by atoms with van der Waals surface area (Å²) in [5, 5.41) is 1.22. The summed E-state index contributed by atoms with van der Waals surface area (Å²) in [7, 11) is 1.75. The third-order valence-corrected chi connectivity index (χ3v) is 3.59. The van der Waals surface area contributed by atoms with E-state index in [9.17, 15) is 0 Å². The number of hydrogen-bond donors (Lipinski definition) is 1. The number of anilines is 1. The third kappa shape index (κ3) is 3.97. The highest BCUT2D eigenvalue weighted by Crippen LogP contribution is 2.26. The minimum atomic E-state index is 0.199. The minimum absolute atomic E-state index is 0.199. The number of rotatable bonds is 2. The van der Waals surface area contributed by atoms with Gasteiger partial charge in [0.1, 0.15) is 5.15 Å². The van der Waals surface area contributed by atoms with Gasteiger partial charge in [0.05, 0.1) is 10.0 Å². The second kappa shape index (κ2) is 6.47. The lowest BCUT2D eigenvalue weighted by atomic mass is 10.3. The predicted molar refractivity (Wildman–Crippen MR) is 87.9 cm³/mol. The number of nitrogens with two attached hydrogens (primary N) is 1. The number of hydrogen-bond acceptors (Lipinski definition) is 3. The Labute approximate surface area is 137 Å². The number of halogens is 3. The van der Waals surface area contributed by atoms with Crippen LogP contribution in [0.2, 0.25) is 15.2 Å². The molecule has 0 spiro atoms. The quantitative estimate of drug-likeness (QED) is 0.511. The Hall–Kier alpha value is -1.56. The highest BCUT2D eigenvalue weighted by Gasteiger charge is 2.09. The lowest BCUT2D eigenvalue weighted by Gasteiger charge is -2.18. The third-order valence-electron chi connectivity index (χ3n) is 2.66. The van der Waals surface area contributed by atoms with Crippen LogP contribution in [0, 0.1) is 6.92 Å². The molecule has 110 valence electrons. The topological polar surface area (TPSA) is 67.4 Å². The van der Waals surface area contributed by atoms with E-state index in [2.05, 4.69) is 15.0 Å². The van der Waals surface area contributed by atoms with E-state index >= 15 is 0 Å². The number of aliphatic imine (C=N–C) groups is 1. The SMILES string of the molecule is Cc1cc(Cl)nc(/N=C(\N)N(C)c2ccc(Cl)c(Cl)c2)n1. The Kier molecular flexibility index (Phi) is 4.88. The van der Waals surface area contributed by atoms with Crippen molar-refractivity contribution in [2.24, 2.45) is 10.7 Å². The summed E-state index contributed by atoms with van der Waals surface area (Å²) in [5.41, 5.74) is 7.39. The zero-order chi connectivity index (χ0) is 15.6. The molecule has 0 aliphatic carbocycles. The van der Waals surface area contributed by atoms with E-state index in [-0.39, 0.29) is 11.9 Å². The summed E-state index contributed by atoms with van der Waals surface area (Å²) in [5.74, 6) is 0.402. The average Bonchev–Trinajstić information content (AvgIpc) is 2.39. The molecule has 2 N–H and O–H groups in total. The van der Waals surface area contributed by atoms with Gasteiger partial charge in [0, 0.05) is 18.4 Å². The fourth-order valence-electron chi connectivity index (χ4n) is 1.57. The van der Waals surface area contributed by atoms with Crippen molar-refractivity contribution in [3.8, 4) is 0 Å². The first-order valence-electron chi connectivity index (χ1n) is 5.91. The van der Waals surface area contributed by atoms with Gasteiger partial charge in [-0.15, -0.1) is 0 Å². The molecule has 5 nitrogen and oxygen atoms in total. The predicted octanol–water partition coefficient (Wildman–Crippen LogP) is 3.83. The molecule has 0 aliphatic heterocycles. The van der Waals surface area contributed by atoms with Crippen LogP contribution in [0.15, 0.2) is 29.3 Å². The maximum atomic E-state index is 5.98. The molecule has 0 fully saturated rings. The lowest BCUT2D eigenvalue weighted by Crippen LogP contribution is -2.33. The van der Waals surface area contributed by atoms with E-state index in [0.717, 1.165) is 5.69 Å². The van der Waals surface area contributed by atoms with Crippen molar-refractivity contribution >= 4 is 52.4 Å². The van der Waals surface area contributed by atoms with Crippen LogP contribution in [-0.2, 0) is 0 Å². The number of aryl methyl sites for hydroxylation is 1. The van der Waals surface area contributed by atoms with Crippen LogP contribution in [0.3, 0.4) is 0 Å². The molecule has 0 bridgehead atoms. The standard InChI is InChI=1S/C13H12Cl3N5/c1-7-5-11(16)19-13(18-7)20-12(17)21(2)8-3-4-9(14)10(15)6-8/h3-6H,1-2H3,(H2,17,18,19,20). The maximum absolute atomic E-state index is 5.98. The first-order valence-corrected chi connectivity index (χ1v) is 7.04. The van der Waals surface area contributed by atoms with Gasteiger partial charge in [-0.1, -0.05) is 34.8 Å². The van der Waals surface area contributed by atoms with Gasteiger partial charge in [0.15, 0.2) is 0 Å². The van der Waals surface area contributed by atoms with Crippen molar-refractivity contribution in [1.82, 2.24) is 9.97 Å². The van der Waals surface area contributed by atoms with Crippen LogP contribution >= 0.6 is 34.8 Å². The average molecular weight is 345 g/mol. The van der Waals surface area contributed by atoms with Gasteiger partial charge < -0.3 is 10.6 Å². The van der Waals surface area contributed by atoms with Gasteiger partial charge >= 0.3 is 0 Å². The van der Waals surface area contributed by atoms with Crippen molar-refractivity contribution in [1.29, 1.82) is 0 Å². The van der Waals surface area contributed by atoms with Crippen molar-refractivity contribution in [2.75, 3.05) is 11.9 Å². The van der Waals surface area contributed by atoms with Gasteiger partial charge in [-0.05, 0) is 31.2 Å². The molecule has 21 heavy (non-hydrogen) atoms. The molecule has 0 unspecified atom stereocenters. The summed E-state index contributed by atoms with van der Waals surface area (Å²) in [6, 6.07) is 6.79. The second-order valence-corrected chi connectivity index (χ2v) is 5.46. The van der Waals surface area contributed by atoms with E-state index in [1.807, 2.05) is 0 Å². The van der Waals surface area contributed by atoms with Crippen molar-refractivity contribution < 1.29 is 0 Å². The number of benzene rings is 1. The highest BCUT2D eigenvalue weighted by molar-refractivity contribution is 6.42. The van der Waals surface area contributed by atoms with Gasteiger partial charge in [-0.3, -0.25) is 0 Å². The van der Waals surface area contributed by atoms with Crippen molar-refractivity contribution in [3.05, 3.63) is 45.2 Å². The summed E-state index contributed by atoms with van der Waals surface area (Å²) in [4.78, 5) is 13.9. The summed E-state index contributed by atoms with van der Waals surface area (Å²) in [6.07, 6.45) is 0. The Bertz CT molecular complexity index is 682. The van der Waals surface area contributed by atoms with E-state index < -0.39 is 0 Å².